The summed E-state index contributed by atoms with van der Waals surface area (Å²) < 4.78 is 0. The summed E-state index contributed by atoms with van der Waals surface area (Å²) in [5.41, 5.74) is 9.77. The highest BCUT2D eigenvalue weighted by atomic mass is 15.0. The fourth-order valence-electron chi connectivity index (χ4n) is 5.68. The lowest BCUT2D eigenvalue weighted by Gasteiger charge is -2.11. The molecule has 226 valence electrons. The minimum Gasteiger partial charge on any atom is -0.228 e. The minimum absolute atomic E-state index is 0.629. The highest BCUT2D eigenvalue weighted by Gasteiger charge is 2.14. The lowest BCUT2D eigenvalue weighted by atomic mass is 10.00. The fourth-order valence-corrected chi connectivity index (χ4v) is 5.68. The van der Waals surface area contributed by atoms with Crippen molar-refractivity contribution >= 4 is 0 Å². The van der Waals surface area contributed by atoms with Crippen LogP contribution in [0.15, 0.2) is 176 Å². The van der Waals surface area contributed by atoms with E-state index in [0.717, 1.165) is 55.9 Å². The largest absolute Gasteiger partial charge is 0.228 e. The molecule has 0 bridgehead atoms. The summed E-state index contributed by atoms with van der Waals surface area (Å²) in [6.07, 6.45) is 0. The van der Waals surface area contributed by atoms with Gasteiger partial charge in [0.05, 0.1) is 11.4 Å². The van der Waals surface area contributed by atoms with Gasteiger partial charge in [0, 0.05) is 33.4 Å². The third-order valence-corrected chi connectivity index (χ3v) is 8.16. The number of hydrogen-bond acceptors (Lipinski definition) is 5. The molecule has 0 unspecified atom stereocenters. The van der Waals surface area contributed by atoms with Gasteiger partial charge < -0.3 is 0 Å². The summed E-state index contributed by atoms with van der Waals surface area (Å²) >= 11 is 0. The Bertz CT molecular complexity index is 2190. The molecule has 48 heavy (non-hydrogen) atoms. The van der Waals surface area contributed by atoms with E-state index in [2.05, 4.69) is 60.7 Å². The molecule has 5 heteroatoms. The molecule has 8 rings (SSSR count). The van der Waals surface area contributed by atoms with E-state index in [1.165, 1.54) is 0 Å². The molecule has 0 atom stereocenters. The number of benzene rings is 6. The van der Waals surface area contributed by atoms with Gasteiger partial charge in [0.15, 0.2) is 23.3 Å². The number of rotatable bonds is 7. The summed E-state index contributed by atoms with van der Waals surface area (Å²) in [6, 6.07) is 59.4. The van der Waals surface area contributed by atoms with Crippen LogP contribution in [0.4, 0.5) is 0 Å². The van der Waals surface area contributed by atoms with Gasteiger partial charge in [0.1, 0.15) is 0 Å². The topological polar surface area (TPSA) is 64.5 Å². The van der Waals surface area contributed by atoms with Crippen LogP contribution in [0, 0.1) is 0 Å². The Labute approximate surface area is 279 Å². The second-order valence-corrected chi connectivity index (χ2v) is 11.4. The predicted molar refractivity (Wildman–Crippen MR) is 193 cm³/mol. The standard InChI is InChI=1S/C43H29N5/c1-5-14-31(15-6-1)38-29-39(45-40(44-38)33-16-7-2-8-17-33)32-26-24-30(25-27-32)36-22-13-23-37(28-36)43-47-41(34-18-9-3-10-19-34)46-42(48-43)35-20-11-4-12-21-35/h1-29H. The van der Waals surface area contributed by atoms with E-state index in [4.69, 9.17) is 24.9 Å². The molecular formula is C43H29N5. The summed E-state index contributed by atoms with van der Waals surface area (Å²) in [6.45, 7) is 0. The first-order valence-corrected chi connectivity index (χ1v) is 15.8. The zero-order valence-electron chi connectivity index (χ0n) is 26.0. The van der Waals surface area contributed by atoms with E-state index in [1.807, 2.05) is 115 Å². The van der Waals surface area contributed by atoms with Crippen LogP contribution >= 0.6 is 0 Å². The van der Waals surface area contributed by atoms with Gasteiger partial charge in [-0.05, 0) is 23.3 Å². The molecule has 0 fully saturated rings. The van der Waals surface area contributed by atoms with Crippen LogP contribution in [-0.4, -0.2) is 24.9 Å². The summed E-state index contributed by atoms with van der Waals surface area (Å²) in [5, 5.41) is 0. The predicted octanol–water partition coefficient (Wildman–Crippen LogP) is 10.3. The van der Waals surface area contributed by atoms with Crippen LogP contribution < -0.4 is 0 Å². The van der Waals surface area contributed by atoms with Gasteiger partial charge in [-0.2, -0.15) is 0 Å². The molecular weight excluding hydrogens is 587 g/mol. The first kappa shape index (κ1) is 28.9. The molecule has 0 saturated heterocycles. The van der Waals surface area contributed by atoms with Crippen molar-refractivity contribution in [3.05, 3.63) is 176 Å². The summed E-state index contributed by atoms with van der Waals surface area (Å²) in [4.78, 5) is 24.6. The molecule has 8 aromatic rings. The zero-order chi connectivity index (χ0) is 32.1. The molecule has 5 nitrogen and oxygen atoms in total. The first-order chi connectivity index (χ1) is 23.8. The van der Waals surface area contributed by atoms with Crippen LogP contribution in [0.5, 0.6) is 0 Å². The van der Waals surface area contributed by atoms with E-state index in [0.29, 0.717) is 23.3 Å². The molecule has 6 aromatic carbocycles. The molecule has 2 aromatic heterocycles. The third-order valence-electron chi connectivity index (χ3n) is 8.16. The van der Waals surface area contributed by atoms with E-state index in [9.17, 15) is 0 Å². The van der Waals surface area contributed by atoms with Crippen LogP contribution in [0.1, 0.15) is 0 Å². The quantitative estimate of drug-likeness (QED) is 0.178. The first-order valence-electron chi connectivity index (χ1n) is 15.8. The summed E-state index contributed by atoms with van der Waals surface area (Å²) in [5.74, 6) is 2.61. The van der Waals surface area contributed by atoms with Crippen molar-refractivity contribution in [2.45, 2.75) is 0 Å². The lowest BCUT2D eigenvalue weighted by molar-refractivity contribution is 1.07. The SMILES string of the molecule is c1ccc(-c2cc(-c3ccc(-c4cccc(-c5nc(-c6ccccc6)nc(-c6ccccc6)n5)c4)cc3)nc(-c3ccccc3)n2)cc1. The van der Waals surface area contributed by atoms with Gasteiger partial charge in [-0.15, -0.1) is 0 Å². The second kappa shape index (κ2) is 13.0. The van der Waals surface area contributed by atoms with Crippen LogP contribution in [-0.2, 0) is 0 Å². The molecule has 0 saturated carbocycles. The molecule has 0 aliphatic carbocycles. The molecule has 0 aliphatic heterocycles. The van der Waals surface area contributed by atoms with E-state index in [-0.39, 0.29) is 0 Å². The van der Waals surface area contributed by atoms with Crippen molar-refractivity contribution in [1.82, 2.24) is 24.9 Å². The van der Waals surface area contributed by atoms with Crippen molar-refractivity contribution < 1.29 is 0 Å². The van der Waals surface area contributed by atoms with Crippen LogP contribution in [0.25, 0.3) is 79.2 Å². The Morgan fingerprint density at radius 1 is 0.208 bits per heavy atom. The average molecular weight is 616 g/mol. The second-order valence-electron chi connectivity index (χ2n) is 11.4. The number of aromatic nitrogens is 5. The van der Waals surface area contributed by atoms with Gasteiger partial charge in [0.25, 0.3) is 0 Å². The van der Waals surface area contributed by atoms with Gasteiger partial charge in [-0.3, -0.25) is 0 Å². The monoisotopic (exact) mass is 615 g/mol. The molecule has 0 aliphatic rings. The van der Waals surface area contributed by atoms with Gasteiger partial charge in [-0.1, -0.05) is 164 Å². The Morgan fingerprint density at radius 3 is 1.02 bits per heavy atom. The highest BCUT2D eigenvalue weighted by molar-refractivity contribution is 5.76. The molecule has 2 heterocycles. The Hall–Kier alpha value is -6.59. The molecule has 0 radical (unpaired) electrons. The Kier molecular flexibility index (Phi) is 7.83. The van der Waals surface area contributed by atoms with E-state index >= 15 is 0 Å². The van der Waals surface area contributed by atoms with Crippen molar-refractivity contribution in [2.75, 3.05) is 0 Å². The maximum atomic E-state index is 4.99. The van der Waals surface area contributed by atoms with Gasteiger partial charge in [0.2, 0.25) is 0 Å². The van der Waals surface area contributed by atoms with E-state index in [1.54, 1.807) is 0 Å². The third kappa shape index (κ3) is 6.13. The number of nitrogens with zero attached hydrogens (tertiary/aromatic N) is 5. The maximum Gasteiger partial charge on any atom is 0.164 e. The van der Waals surface area contributed by atoms with E-state index < -0.39 is 0 Å². The molecule has 0 amide bonds. The van der Waals surface area contributed by atoms with Gasteiger partial charge in [-0.25, -0.2) is 24.9 Å². The van der Waals surface area contributed by atoms with Crippen molar-refractivity contribution in [3.8, 4) is 79.2 Å². The molecule has 0 spiro atoms. The summed E-state index contributed by atoms with van der Waals surface area (Å²) in [7, 11) is 0. The highest BCUT2D eigenvalue weighted by Crippen LogP contribution is 2.31. The smallest absolute Gasteiger partial charge is 0.164 e. The van der Waals surface area contributed by atoms with Crippen LogP contribution in [0.2, 0.25) is 0 Å². The minimum atomic E-state index is 0.629. The van der Waals surface area contributed by atoms with Gasteiger partial charge >= 0.3 is 0 Å². The zero-order valence-corrected chi connectivity index (χ0v) is 26.0. The fraction of sp³-hybridized carbons (Fsp3) is 0. The number of hydrogen-bond donors (Lipinski definition) is 0. The maximum absolute atomic E-state index is 4.99. The average Bonchev–Trinajstić information content (AvgIpc) is 3.19. The lowest BCUT2D eigenvalue weighted by Crippen LogP contribution is -2.00. The Morgan fingerprint density at radius 2 is 0.542 bits per heavy atom. The molecule has 0 N–H and O–H groups in total. The Balaban J connectivity index is 1.16. The van der Waals surface area contributed by atoms with Crippen molar-refractivity contribution in [2.24, 2.45) is 0 Å². The van der Waals surface area contributed by atoms with Crippen molar-refractivity contribution in [3.63, 3.8) is 0 Å². The van der Waals surface area contributed by atoms with Crippen LogP contribution in [0.3, 0.4) is 0 Å². The normalized spacial score (nSPS) is 10.9. The van der Waals surface area contributed by atoms with Crippen molar-refractivity contribution in [1.29, 1.82) is 0 Å².